The van der Waals surface area contributed by atoms with Crippen molar-refractivity contribution < 1.29 is 23.0 Å². The number of carbonyl (C=O) groups excluding carboxylic acids is 1. The summed E-state index contributed by atoms with van der Waals surface area (Å²) in [7, 11) is 1.51. The molecule has 1 saturated heterocycles. The van der Waals surface area contributed by atoms with Crippen molar-refractivity contribution in [2.24, 2.45) is 0 Å². The van der Waals surface area contributed by atoms with Gasteiger partial charge in [-0.3, -0.25) is 4.79 Å². The molecule has 5 nitrogen and oxygen atoms in total. The number of hydrogen-bond donors (Lipinski definition) is 0. The highest BCUT2D eigenvalue weighted by molar-refractivity contribution is 5.95. The van der Waals surface area contributed by atoms with Gasteiger partial charge in [0, 0.05) is 20.2 Å². The highest BCUT2D eigenvalue weighted by atomic mass is 19.1. The smallest absolute Gasteiger partial charge is 0.260 e. The second-order valence-electron chi connectivity index (χ2n) is 6.07. The topological polar surface area (TPSA) is 62.6 Å². The number of benzene rings is 1. The van der Waals surface area contributed by atoms with E-state index < -0.39 is 28.7 Å². The van der Waals surface area contributed by atoms with E-state index in [9.17, 15) is 13.6 Å². The quantitative estimate of drug-likeness (QED) is 0.854. The van der Waals surface area contributed by atoms with Gasteiger partial charge in [0.25, 0.3) is 5.91 Å². The van der Waals surface area contributed by atoms with Crippen LogP contribution in [0.1, 0.15) is 29.8 Å². The van der Waals surface area contributed by atoms with Crippen LogP contribution in [-0.4, -0.2) is 49.3 Å². The van der Waals surface area contributed by atoms with E-state index in [2.05, 4.69) is 0 Å². The molecule has 0 aliphatic carbocycles. The van der Waals surface area contributed by atoms with Crippen molar-refractivity contribution in [1.82, 2.24) is 4.90 Å². The Morgan fingerprint density at radius 1 is 1.48 bits per heavy atom. The van der Waals surface area contributed by atoms with E-state index in [0.717, 1.165) is 12.1 Å². The standard InChI is InChI=1S/C16H18F2N2O3/c1-16(2)9-20(7-11(23-16)8-22-3)15(21)14-12(17)4-10(6-19)5-13(14)18/h4-5,11H,7-9H2,1-3H3. The first kappa shape index (κ1) is 17.3. The predicted octanol–water partition coefficient (Wildman–Crippen LogP) is 2.10. The fourth-order valence-corrected chi connectivity index (χ4v) is 2.72. The third kappa shape index (κ3) is 3.84. The number of nitriles is 1. The summed E-state index contributed by atoms with van der Waals surface area (Å²) in [5.74, 6) is -2.85. The number of halogens is 2. The summed E-state index contributed by atoms with van der Waals surface area (Å²) in [6, 6.07) is 3.36. The van der Waals surface area contributed by atoms with Gasteiger partial charge in [0.05, 0.1) is 29.9 Å². The lowest BCUT2D eigenvalue weighted by Gasteiger charge is -2.42. The Morgan fingerprint density at radius 3 is 2.61 bits per heavy atom. The second-order valence-corrected chi connectivity index (χ2v) is 6.07. The van der Waals surface area contributed by atoms with Gasteiger partial charge in [-0.25, -0.2) is 8.78 Å². The molecule has 7 heteroatoms. The van der Waals surface area contributed by atoms with Crippen molar-refractivity contribution in [3.05, 3.63) is 34.9 Å². The van der Waals surface area contributed by atoms with Gasteiger partial charge in [-0.1, -0.05) is 0 Å². The van der Waals surface area contributed by atoms with Gasteiger partial charge in [-0.2, -0.15) is 5.26 Å². The lowest BCUT2D eigenvalue weighted by atomic mass is 10.0. The summed E-state index contributed by atoms with van der Waals surface area (Å²) >= 11 is 0. The Morgan fingerprint density at radius 2 is 2.09 bits per heavy atom. The molecule has 23 heavy (non-hydrogen) atoms. The molecule has 0 saturated carbocycles. The Hall–Kier alpha value is -2.04. The number of rotatable bonds is 3. The second kappa shape index (κ2) is 6.60. The van der Waals surface area contributed by atoms with Crippen LogP contribution in [0.15, 0.2) is 12.1 Å². The summed E-state index contributed by atoms with van der Waals surface area (Å²) in [4.78, 5) is 13.9. The maximum Gasteiger partial charge on any atom is 0.260 e. The molecule has 1 unspecified atom stereocenters. The minimum absolute atomic E-state index is 0.170. The summed E-state index contributed by atoms with van der Waals surface area (Å²) in [5.41, 5.74) is -1.48. The number of nitrogens with zero attached hydrogens (tertiary/aromatic N) is 2. The number of hydrogen-bond acceptors (Lipinski definition) is 4. The minimum atomic E-state index is -1.04. The van der Waals surface area contributed by atoms with E-state index >= 15 is 0 Å². The third-order valence-corrected chi connectivity index (χ3v) is 3.51. The molecule has 1 aromatic rings. The van der Waals surface area contributed by atoms with Crippen LogP contribution < -0.4 is 0 Å². The van der Waals surface area contributed by atoms with Crippen molar-refractivity contribution in [2.45, 2.75) is 25.6 Å². The summed E-state index contributed by atoms with van der Waals surface area (Å²) in [6.07, 6.45) is -0.378. The first-order valence-corrected chi connectivity index (χ1v) is 7.12. The highest BCUT2D eigenvalue weighted by Gasteiger charge is 2.37. The molecule has 1 aliphatic heterocycles. The van der Waals surface area contributed by atoms with Crippen LogP contribution in [-0.2, 0) is 9.47 Å². The number of morpholine rings is 1. The summed E-state index contributed by atoms with van der Waals surface area (Å²) < 4.78 is 38.9. The molecule has 1 aliphatic rings. The van der Waals surface area contributed by atoms with E-state index in [0.29, 0.717) is 0 Å². The number of carbonyl (C=O) groups is 1. The van der Waals surface area contributed by atoms with Crippen LogP contribution >= 0.6 is 0 Å². The van der Waals surface area contributed by atoms with Crippen molar-refractivity contribution in [3.63, 3.8) is 0 Å². The fraction of sp³-hybridized carbons (Fsp3) is 0.500. The Balaban J connectivity index is 2.31. The van der Waals surface area contributed by atoms with Gasteiger partial charge in [-0.05, 0) is 26.0 Å². The molecule has 1 aromatic carbocycles. The SMILES string of the molecule is COCC1CN(C(=O)c2c(F)cc(C#N)cc2F)CC(C)(C)O1. The average molecular weight is 324 g/mol. The zero-order valence-electron chi connectivity index (χ0n) is 13.2. The third-order valence-electron chi connectivity index (χ3n) is 3.51. The van der Waals surface area contributed by atoms with Crippen LogP contribution in [0.3, 0.4) is 0 Å². The molecule has 0 spiro atoms. The highest BCUT2D eigenvalue weighted by Crippen LogP contribution is 2.25. The van der Waals surface area contributed by atoms with E-state index in [1.165, 1.54) is 12.0 Å². The van der Waals surface area contributed by atoms with Gasteiger partial charge in [-0.15, -0.1) is 0 Å². The lowest BCUT2D eigenvalue weighted by molar-refractivity contribution is -0.143. The first-order chi connectivity index (χ1) is 10.8. The average Bonchev–Trinajstić information content (AvgIpc) is 2.44. The fourth-order valence-electron chi connectivity index (χ4n) is 2.72. The molecule has 0 bridgehead atoms. The van der Waals surface area contributed by atoms with E-state index in [1.54, 1.807) is 19.9 Å². The van der Waals surface area contributed by atoms with E-state index in [1.807, 2.05) is 0 Å². The van der Waals surface area contributed by atoms with Gasteiger partial charge in [0.15, 0.2) is 0 Å². The molecule has 1 fully saturated rings. The monoisotopic (exact) mass is 324 g/mol. The van der Waals surface area contributed by atoms with Crippen molar-refractivity contribution in [3.8, 4) is 6.07 Å². The van der Waals surface area contributed by atoms with E-state index in [-0.39, 0.29) is 31.4 Å². The van der Waals surface area contributed by atoms with Crippen LogP contribution in [0.25, 0.3) is 0 Å². The van der Waals surface area contributed by atoms with Crippen LogP contribution in [0.4, 0.5) is 8.78 Å². The largest absolute Gasteiger partial charge is 0.382 e. The molecule has 124 valence electrons. The number of amides is 1. The van der Waals surface area contributed by atoms with Crippen LogP contribution in [0, 0.1) is 23.0 Å². The molecule has 0 N–H and O–H groups in total. The first-order valence-electron chi connectivity index (χ1n) is 7.12. The molecular formula is C16H18F2N2O3. The molecular weight excluding hydrogens is 306 g/mol. The van der Waals surface area contributed by atoms with Gasteiger partial charge < -0.3 is 14.4 Å². The number of methoxy groups -OCH3 is 1. The van der Waals surface area contributed by atoms with Crippen LogP contribution in [0.2, 0.25) is 0 Å². The lowest BCUT2D eigenvalue weighted by Crippen LogP contribution is -2.55. The molecule has 0 aromatic heterocycles. The zero-order valence-corrected chi connectivity index (χ0v) is 13.2. The zero-order chi connectivity index (χ0) is 17.2. The summed E-state index contributed by atoms with van der Waals surface area (Å²) in [6.45, 7) is 4.23. The Labute approximate surface area is 133 Å². The predicted molar refractivity (Wildman–Crippen MR) is 77.8 cm³/mol. The van der Waals surface area contributed by atoms with Crippen molar-refractivity contribution in [2.75, 3.05) is 26.8 Å². The number of ether oxygens (including phenoxy) is 2. The van der Waals surface area contributed by atoms with E-state index in [4.69, 9.17) is 14.7 Å². The summed E-state index contributed by atoms with van der Waals surface area (Å²) in [5, 5.41) is 8.72. The Kier molecular flexibility index (Phi) is 4.97. The maximum absolute atomic E-state index is 14.0. The molecule has 1 amide bonds. The molecule has 2 rings (SSSR count). The maximum atomic E-state index is 14.0. The molecule has 0 radical (unpaired) electrons. The van der Waals surface area contributed by atoms with Gasteiger partial charge in [0.1, 0.15) is 17.2 Å². The van der Waals surface area contributed by atoms with Crippen molar-refractivity contribution in [1.29, 1.82) is 5.26 Å². The minimum Gasteiger partial charge on any atom is -0.382 e. The Bertz CT molecular complexity index is 632. The normalized spacial score (nSPS) is 20.2. The molecule has 1 heterocycles. The van der Waals surface area contributed by atoms with Crippen LogP contribution in [0.5, 0.6) is 0 Å². The van der Waals surface area contributed by atoms with Gasteiger partial charge in [0.2, 0.25) is 0 Å². The van der Waals surface area contributed by atoms with Crippen molar-refractivity contribution >= 4 is 5.91 Å². The molecule has 1 atom stereocenters. The van der Waals surface area contributed by atoms with Gasteiger partial charge >= 0.3 is 0 Å².